The van der Waals surface area contributed by atoms with E-state index in [4.69, 9.17) is 4.74 Å². The zero-order valence-electron chi connectivity index (χ0n) is 15.4. The van der Waals surface area contributed by atoms with Crippen LogP contribution in [-0.2, 0) is 24.1 Å². The Balaban J connectivity index is 1.88. The lowest BCUT2D eigenvalue weighted by atomic mass is 10.0. The van der Waals surface area contributed by atoms with Crippen molar-refractivity contribution in [2.75, 3.05) is 6.61 Å². The van der Waals surface area contributed by atoms with Crippen molar-refractivity contribution in [3.8, 4) is 0 Å². The molecule has 0 aliphatic carbocycles. The van der Waals surface area contributed by atoms with Gasteiger partial charge in [0.2, 0.25) is 0 Å². The molecule has 0 unspecified atom stereocenters. The molecule has 1 heterocycles. The summed E-state index contributed by atoms with van der Waals surface area (Å²) in [5, 5.41) is 0. The molecule has 1 aromatic heterocycles. The second-order valence-corrected chi connectivity index (χ2v) is 6.43. The maximum atomic E-state index is 12.5. The van der Waals surface area contributed by atoms with E-state index in [0.29, 0.717) is 6.61 Å². The Kier molecular flexibility index (Phi) is 5.90. The lowest BCUT2D eigenvalue weighted by Gasteiger charge is -2.08. The van der Waals surface area contributed by atoms with Crippen molar-refractivity contribution < 1.29 is 9.53 Å². The number of rotatable bonds is 7. The lowest BCUT2D eigenvalue weighted by Crippen LogP contribution is -2.09. The molecule has 0 amide bonds. The summed E-state index contributed by atoms with van der Waals surface area (Å²) in [6.07, 6.45) is 3.83. The fraction of sp³-hybridized carbons (Fsp3) is 0.261. The van der Waals surface area contributed by atoms with Crippen molar-refractivity contribution in [1.29, 1.82) is 0 Å². The minimum Gasteiger partial charge on any atom is -0.462 e. The molecule has 0 saturated heterocycles. The van der Waals surface area contributed by atoms with Crippen molar-refractivity contribution in [2.45, 2.75) is 33.2 Å². The maximum absolute atomic E-state index is 12.5. The first-order valence-corrected chi connectivity index (χ1v) is 9.12. The third-order valence-corrected chi connectivity index (χ3v) is 4.63. The first-order chi connectivity index (χ1) is 12.7. The minimum atomic E-state index is -0.222. The van der Waals surface area contributed by atoms with E-state index in [1.165, 1.54) is 11.1 Å². The van der Waals surface area contributed by atoms with Crippen LogP contribution in [0.5, 0.6) is 0 Å². The van der Waals surface area contributed by atoms with Crippen LogP contribution in [-0.4, -0.2) is 17.1 Å². The Morgan fingerprint density at radius 3 is 2.15 bits per heavy atom. The lowest BCUT2D eigenvalue weighted by molar-refractivity contribution is 0.0524. The minimum absolute atomic E-state index is 0.222. The predicted octanol–water partition coefficient (Wildman–Crippen LogP) is 4.81. The summed E-state index contributed by atoms with van der Waals surface area (Å²) < 4.78 is 7.47. The highest BCUT2D eigenvalue weighted by atomic mass is 16.5. The molecule has 0 saturated carbocycles. The molecule has 0 aliphatic heterocycles. The summed E-state index contributed by atoms with van der Waals surface area (Å²) in [6, 6.07) is 20.7. The Morgan fingerprint density at radius 2 is 1.54 bits per heavy atom. The van der Waals surface area contributed by atoms with Gasteiger partial charge in [0.1, 0.15) is 0 Å². The van der Waals surface area contributed by atoms with E-state index in [-0.39, 0.29) is 5.97 Å². The van der Waals surface area contributed by atoms with Gasteiger partial charge < -0.3 is 9.30 Å². The summed E-state index contributed by atoms with van der Waals surface area (Å²) in [5.41, 5.74) is 5.24. The van der Waals surface area contributed by atoms with Crippen molar-refractivity contribution in [3.05, 3.63) is 94.8 Å². The smallest absolute Gasteiger partial charge is 0.340 e. The summed E-state index contributed by atoms with van der Waals surface area (Å²) in [4.78, 5) is 12.5. The molecule has 0 atom stereocenters. The monoisotopic (exact) mass is 347 g/mol. The van der Waals surface area contributed by atoms with Crippen LogP contribution in [0.15, 0.2) is 66.9 Å². The van der Waals surface area contributed by atoms with Crippen LogP contribution in [0.25, 0.3) is 0 Å². The fourth-order valence-corrected chi connectivity index (χ4v) is 3.27. The average Bonchev–Trinajstić information content (AvgIpc) is 2.97. The van der Waals surface area contributed by atoms with Gasteiger partial charge in [-0.15, -0.1) is 0 Å². The van der Waals surface area contributed by atoms with Gasteiger partial charge in [0.15, 0.2) is 0 Å². The maximum Gasteiger partial charge on any atom is 0.340 e. The van der Waals surface area contributed by atoms with Crippen LogP contribution >= 0.6 is 0 Å². The number of hydrogen-bond donors (Lipinski definition) is 0. The van der Waals surface area contributed by atoms with Crippen molar-refractivity contribution in [1.82, 2.24) is 4.57 Å². The SMILES string of the molecule is CCOC(=O)c1c(CCc2ccccc2)cn(Cc2ccccc2)c1C. The number of carbonyl (C=O) groups is 1. The van der Waals surface area contributed by atoms with Gasteiger partial charge in [-0.05, 0) is 43.4 Å². The third-order valence-electron chi connectivity index (χ3n) is 4.63. The summed E-state index contributed by atoms with van der Waals surface area (Å²) >= 11 is 0. The van der Waals surface area contributed by atoms with Gasteiger partial charge in [-0.3, -0.25) is 0 Å². The highest BCUT2D eigenvalue weighted by Gasteiger charge is 2.20. The van der Waals surface area contributed by atoms with E-state index < -0.39 is 0 Å². The van der Waals surface area contributed by atoms with Gasteiger partial charge in [0, 0.05) is 18.4 Å². The highest BCUT2D eigenvalue weighted by Crippen LogP contribution is 2.22. The number of ether oxygens (including phenoxy) is 1. The number of nitrogens with zero attached hydrogens (tertiary/aromatic N) is 1. The van der Waals surface area contributed by atoms with Crippen LogP contribution in [0.3, 0.4) is 0 Å². The molecule has 0 bridgehead atoms. The van der Waals surface area contributed by atoms with E-state index >= 15 is 0 Å². The summed E-state index contributed by atoms with van der Waals surface area (Å²) in [6.45, 7) is 4.99. The molecule has 2 aromatic carbocycles. The quantitative estimate of drug-likeness (QED) is 0.575. The molecule has 3 aromatic rings. The number of esters is 1. The number of aryl methyl sites for hydroxylation is 2. The summed E-state index contributed by atoms with van der Waals surface area (Å²) in [5.74, 6) is -0.222. The van der Waals surface area contributed by atoms with Crippen LogP contribution in [0.1, 0.15) is 39.7 Å². The van der Waals surface area contributed by atoms with Gasteiger partial charge in [0.05, 0.1) is 12.2 Å². The molecule has 134 valence electrons. The van der Waals surface area contributed by atoms with Gasteiger partial charge in [-0.2, -0.15) is 0 Å². The Morgan fingerprint density at radius 1 is 0.923 bits per heavy atom. The molecule has 3 nitrogen and oxygen atoms in total. The van der Waals surface area contributed by atoms with E-state index in [0.717, 1.165) is 36.2 Å². The van der Waals surface area contributed by atoms with Gasteiger partial charge in [0.25, 0.3) is 0 Å². The molecule has 26 heavy (non-hydrogen) atoms. The molecular weight excluding hydrogens is 322 g/mol. The van der Waals surface area contributed by atoms with Crippen LogP contribution in [0.4, 0.5) is 0 Å². The number of hydrogen-bond acceptors (Lipinski definition) is 2. The Bertz CT molecular complexity index is 851. The van der Waals surface area contributed by atoms with Crippen LogP contribution in [0, 0.1) is 6.92 Å². The third kappa shape index (κ3) is 4.23. The Hall–Kier alpha value is -2.81. The normalized spacial score (nSPS) is 10.7. The Labute approximate surface area is 155 Å². The largest absolute Gasteiger partial charge is 0.462 e. The standard InChI is InChI=1S/C23H25NO2/c1-3-26-23(25)22-18(2)24(16-20-12-8-5-9-13-20)17-21(22)15-14-19-10-6-4-7-11-19/h4-13,17H,3,14-16H2,1-2H3. The molecule has 0 aliphatic rings. The molecule has 3 heteroatoms. The van der Waals surface area contributed by atoms with E-state index in [1.54, 1.807) is 0 Å². The average molecular weight is 347 g/mol. The van der Waals surface area contributed by atoms with Crippen LogP contribution < -0.4 is 0 Å². The molecule has 0 N–H and O–H groups in total. The first kappa shape index (κ1) is 18.0. The number of aromatic nitrogens is 1. The topological polar surface area (TPSA) is 31.2 Å². The van der Waals surface area contributed by atoms with Crippen molar-refractivity contribution >= 4 is 5.97 Å². The molecular formula is C23H25NO2. The fourth-order valence-electron chi connectivity index (χ4n) is 3.27. The van der Waals surface area contributed by atoms with Crippen molar-refractivity contribution in [2.24, 2.45) is 0 Å². The van der Waals surface area contributed by atoms with E-state index in [2.05, 4.69) is 35.0 Å². The summed E-state index contributed by atoms with van der Waals surface area (Å²) in [7, 11) is 0. The van der Waals surface area contributed by atoms with Crippen molar-refractivity contribution in [3.63, 3.8) is 0 Å². The highest BCUT2D eigenvalue weighted by molar-refractivity contribution is 5.92. The number of benzene rings is 2. The van der Waals surface area contributed by atoms with Crippen LogP contribution in [0.2, 0.25) is 0 Å². The molecule has 0 fully saturated rings. The molecule has 0 spiro atoms. The van der Waals surface area contributed by atoms with Gasteiger partial charge in [-0.25, -0.2) is 4.79 Å². The van der Waals surface area contributed by atoms with Gasteiger partial charge in [-0.1, -0.05) is 60.7 Å². The van der Waals surface area contributed by atoms with E-state index in [9.17, 15) is 4.79 Å². The van der Waals surface area contributed by atoms with Gasteiger partial charge >= 0.3 is 5.97 Å². The second-order valence-electron chi connectivity index (χ2n) is 6.43. The number of carbonyl (C=O) groups excluding carboxylic acids is 1. The zero-order valence-corrected chi connectivity index (χ0v) is 15.4. The molecule has 0 radical (unpaired) electrons. The predicted molar refractivity (Wildman–Crippen MR) is 105 cm³/mol. The molecule has 3 rings (SSSR count). The van der Waals surface area contributed by atoms with E-state index in [1.807, 2.05) is 50.2 Å². The first-order valence-electron chi connectivity index (χ1n) is 9.12. The zero-order chi connectivity index (χ0) is 18.4. The second kappa shape index (κ2) is 8.52.